The molecule has 142 valence electrons. The van der Waals surface area contributed by atoms with Crippen LogP contribution in [0.15, 0.2) is 18.5 Å². The van der Waals surface area contributed by atoms with Gasteiger partial charge < -0.3 is 20.2 Å². The van der Waals surface area contributed by atoms with Crippen LogP contribution in [0, 0.1) is 11.2 Å². The van der Waals surface area contributed by atoms with Gasteiger partial charge in [0.2, 0.25) is 0 Å². The molecule has 1 rings (SSSR count). The Morgan fingerprint density at radius 3 is 2.58 bits per heavy atom. The lowest BCUT2D eigenvalue weighted by atomic mass is 10.1. The van der Waals surface area contributed by atoms with Gasteiger partial charge in [0.25, 0.3) is 5.91 Å². The molecule has 2 atom stereocenters. The third-order valence-electron chi connectivity index (χ3n) is 3.30. The highest BCUT2D eigenvalue weighted by Crippen LogP contribution is 2.17. The first-order valence-electron chi connectivity index (χ1n) is 7.95. The van der Waals surface area contributed by atoms with Crippen molar-refractivity contribution in [3.8, 4) is 0 Å². The highest BCUT2D eigenvalue weighted by atomic mass is 19.1. The molecule has 0 unspecified atom stereocenters. The molecule has 1 aromatic rings. The summed E-state index contributed by atoms with van der Waals surface area (Å²) >= 11 is 0. The van der Waals surface area contributed by atoms with Crippen molar-refractivity contribution < 1.29 is 28.2 Å². The van der Waals surface area contributed by atoms with Crippen LogP contribution in [0.1, 0.15) is 38.4 Å². The maximum atomic E-state index is 13.3. The number of amides is 1. The number of carbonyl (C=O) groups excluding carboxylic acids is 3. The minimum atomic E-state index is -1.19. The van der Waals surface area contributed by atoms with E-state index in [-0.39, 0.29) is 18.4 Å². The van der Waals surface area contributed by atoms with E-state index in [2.05, 4.69) is 10.3 Å². The van der Waals surface area contributed by atoms with Gasteiger partial charge in [0, 0.05) is 25.3 Å². The van der Waals surface area contributed by atoms with Gasteiger partial charge in [-0.1, -0.05) is 0 Å². The zero-order chi connectivity index (χ0) is 19.7. The van der Waals surface area contributed by atoms with Crippen molar-refractivity contribution in [2.75, 3.05) is 7.11 Å². The van der Waals surface area contributed by atoms with E-state index in [1.807, 2.05) is 0 Å². The summed E-state index contributed by atoms with van der Waals surface area (Å²) in [5, 5.41) is 9.36. The molecule has 2 N–H and O–H groups in total. The predicted molar refractivity (Wildman–Crippen MR) is 90.1 cm³/mol. The maximum Gasteiger partial charge on any atom is 0.328 e. The molecule has 8 nitrogen and oxygen atoms in total. The van der Waals surface area contributed by atoms with Crippen molar-refractivity contribution in [1.29, 1.82) is 5.41 Å². The van der Waals surface area contributed by atoms with Crippen LogP contribution in [0.4, 0.5) is 4.39 Å². The van der Waals surface area contributed by atoms with Gasteiger partial charge in [-0.25, -0.2) is 9.18 Å². The standard InChI is InChI=1S/C17H22FN3O5/c1-10(2)26-17(24)14(5-4-13(22)7-19)21-16(23)15(25-3)11-6-12(18)9-20-8-11/h6-10,14-15,19H,4-5H2,1-3H3,(H,21,23)/t14-,15+/m0/s1. The minimum absolute atomic E-state index is 0.0384. The first-order chi connectivity index (χ1) is 12.3. The van der Waals surface area contributed by atoms with Crippen molar-refractivity contribution in [2.45, 2.75) is 44.9 Å². The Morgan fingerprint density at radius 2 is 2.04 bits per heavy atom. The SMILES string of the molecule is CO[C@@H](C(=O)N[C@@H](CCC(=O)C=N)C(=O)OC(C)C)c1cncc(F)c1. The molecule has 1 heterocycles. The smallest absolute Gasteiger partial charge is 0.328 e. The molecule has 0 saturated heterocycles. The van der Waals surface area contributed by atoms with Crippen LogP contribution in [0.2, 0.25) is 0 Å². The van der Waals surface area contributed by atoms with Gasteiger partial charge in [-0.15, -0.1) is 0 Å². The average molecular weight is 367 g/mol. The fourth-order valence-corrected chi connectivity index (χ4v) is 2.14. The normalized spacial score (nSPS) is 13.0. The molecule has 0 saturated carbocycles. The van der Waals surface area contributed by atoms with Crippen LogP contribution < -0.4 is 5.32 Å². The molecular weight excluding hydrogens is 345 g/mol. The zero-order valence-electron chi connectivity index (χ0n) is 14.8. The summed E-state index contributed by atoms with van der Waals surface area (Å²) in [6.45, 7) is 3.30. The van der Waals surface area contributed by atoms with E-state index in [4.69, 9.17) is 14.9 Å². The maximum absolute atomic E-state index is 13.3. The summed E-state index contributed by atoms with van der Waals surface area (Å²) in [5.74, 6) is -2.53. The minimum Gasteiger partial charge on any atom is -0.461 e. The highest BCUT2D eigenvalue weighted by Gasteiger charge is 2.28. The second-order valence-electron chi connectivity index (χ2n) is 5.75. The molecule has 0 aliphatic rings. The van der Waals surface area contributed by atoms with Crippen molar-refractivity contribution in [3.63, 3.8) is 0 Å². The molecule has 26 heavy (non-hydrogen) atoms. The van der Waals surface area contributed by atoms with E-state index in [0.29, 0.717) is 6.21 Å². The molecule has 9 heteroatoms. The number of nitrogens with zero attached hydrogens (tertiary/aromatic N) is 1. The van der Waals surface area contributed by atoms with Gasteiger partial charge in [0.05, 0.1) is 18.5 Å². The van der Waals surface area contributed by atoms with E-state index < -0.39 is 41.7 Å². The monoisotopic (exact) mass is 367 g/mol. The molecule has 0 fully saturated rings. The number of halogens is 1. The Balaban J connectivity index is 2.91. The van der Waals surface area contributed by atoms with Crippen LogP contribution in [0.25, 0.3) is 0 Å². The lowest BCUT2D eigenvalue weighted by Crippen LogP contribution is -2.45. The third kappa shape index (κ3) is 6.67. The van der Waals surface area contributed by atoms with Gasteiger partial charge in [-0.2, -0.15) is 0 Å². The Bertz CT molecular complexity index is 666. The Morgan fingerprint density at radius 1 is 1.35 bits per heavy atom. The van der Waals surface area contributed by atoms with E-state index in [0.717, 1.165) is 12.3 Å². The largest absolute Gasteiger partial charge is 0.461 e. The van der Waals surface area contributed by atoms with Gasteiger partial charge in [-0.3, -0.25) is 14.6 Å². The Labute approximate surface area is 150 Å². The predicted octanol–water partition coefficient (Wildman–Crippen LogP) is 1.34. The number of hydrogen-bond donors (Lipinski definition) is 2. The number of ketones is 1. The number of methoxy groups -OCH3 is 1. The van der Waals surface area contributed by atoms with Crippen molar-refractivity contribution in [2.24, 2.45) is 0 Å². The van der Waals surface area contributed by atoms with Gasteiger partial charge in [0.1, 0.15) is 11.9 Å². The molecule has 0 bridgehead atoms. The van der Waals surface area contributed by atoms with E-state index in [1.54, 1.807) is 13.8 Å². The van der Waals surface area contributed by atoms with Crippen LogP contribution in [0.5, 0.6) is 0 Å². The summed E-state index contributed by atoms with van der Waals surface area (Å²) in [6.07, 6.45) is 1.15. The molecule has 0 radical (unpaired) electrons. The van der Waals surface area contributed by atoms with E-state index >= 15 is 0 Å². The van der Waals surface area contributed by atoms with Gasteiger partial charge in [0.15, 0.2) is 11.9 Å². The molecule has 1 amide bonds. The Hall–Kier alpha value is -2.68. The summed E-state index contributed by atoms with van der Waals surface area (Å²) in [4.78, 5) is 39.6. The van der Waals surface area contributed by atoms with E-state index in [1.165, 1.54) is 13.3 Å². The molecule has 1 aromatic heterocycles. The lowest BCUT2D eigenvalue weighted by molar-refractivity contribution is -0.152. The van der Waals surface area contributed by atoms with Crippen LogP contribution in [-0.2, 0) is 23.9 Å². The number of hydrogen-bond acceptors (Lipinski definition) is 7. The van der Waals surface area contributed by atoms with Crippen LogP contribution in [0.3, 0.4) is 0 Å². The highest BCUT2D eigenvalue weighted by molar-refractivity contribution is 6.26. The second kappa shape index (κ2) is 10.3. The van der Waals surface area contributed by atoms with E-state index in [9.17, 15) is 18.8 Å². The average Bonchev–Trinajstić information content (AvgIpc) is 2.58. The first-order valence-corrected chi connectivity index (χ1v) is 7.95. The van der Waals surface area contributed by atoms with Gasteiger partial charge >= 0.3 is 5.97 Å². The number of aromatic nitrogens is 1. The topological polar surface area (TPSA) is 118 Å². The summed E-state index contributed by atoms with van der Waals surface area (Å²) < 4.78 is 23.5. The van der Waals surface area contributed by atoms with Crippen molar-refractivity contribution >= 4 is 23.9 Å². The van der Waals surface area contributed by atoms with Crippen molar-refractivity contribution in [1.82, 2.24) is 10.3 Å². The molecule has 0 aromatic carbocycles. The van der Waals surface area contributed by atoms with Crippen molar-refractivity contribution in [3.05, 3.63) is 29.8 Å². The molecular formula is C17H22FN3O5. The number of rotatable bonds is 10. The lowest BCUT2D eigenvalue weighted by Gasteiger charge is -2.22. The Kier molecular flexibility index (Phi) is 8.50. The molecule has 0 aliphatic carbocycles. The third-order valence-corrected chi connectivity index (χ3v) is 3.30. The molecule has 0 aliphatic heterocycles. The van der Waals surface area contributed by atoms with Crippen LogP contribution >= 0.6 is 0 Å². The van der Waals surface area contributed by atoms with Gasteiger partial charge in [-0.05, 0) is 26.3 Å². The fraction of sp³-hybridized carbons (Fsp3) is 0.471. The number of nitrogens with one attached hydrogen (secondary N) is 2. The number of esters is 1. The number of ether oxygens (including phenoxy) is 2. The second-order valence-corrected chi connectivity index (χ2v) is 5.75. The number of pyridine rings is 1. The quantitative estimate of drug-likeness (QED) is 0.476. The zero-order valence-corrected chi connectivity index (χ0v) is 14.8. The summed E-state index contributed by atoms with van der Waals surface area (Å²) in [6, 6.07) is -0.00575. The fourth-order valence-electron chi connectivity index (χ4n) is 2.14. The first kappa shape index (κ1) is 21.4. The summed E-state index contributed by atoms with van der Waals surface area (Å²) in [7, 11) is 1.26. The number of Topliss-reactive ketones (excluding diaryl/α,β-unsaturated/α-hetero) is 1. The number of carbonyl (C=O) groups is 3. The molecule has 0 spiro atoms. The summed E-state index contributed by atoms with van der Waals surface area (Å²) in [5.41, 5.74) is 0.177. The van der Waals surface area contributed by atoms with Crippen LogP contribution in [-0.4, -0.2) is 48.1 Å².